The first-order valence-corrected chi connectivity index (χ1v) is 10.5. The zero-order chi connectivity index (χ0) is 21.1. The van der Waals surface area contributed by atoms with Gasteiger partial charge in [0.2, 0.25) is 0 Å². The molecule has 5 rings (SSSR count). The highest BCUT2D eigenvalue weighted by atomic mass is 16.6. The Morgan fingerprint density at radius 1 is 1.07 bits per heavy atom. The smallest absolute Gasteiger partial charge is 0.414 e. The minimum absolute atomic E-state index is 0.0479. The van der Waals surface area contributed by atoms with Crippen molar-refractivity contribution in [2.24, 2.45) is 5.92 Å². The van der Waals surface area contributed by atoms with Crippen LogP contribution in [0.1, 0.15) is 34.3 Å². The number of aryl methyl sites for hydroxylation is 1. The summed E-state index contributed by atoms with van der Waals surface area (Å²) in [7, 11) is 1.36. The average Bonchev–Trinajstić information content (AvgIpc) is 2.78. The number of anilines is 1. The van der Waals surface area contributed by atoms with Crippen molar-refractivity contribution in [1.29, 1.82) is 0 Å². The maximum absolute atomic E-state index is 13.3. The molecule has 0 radical (unpaired) electrons. The van der Waals surface area contributed by atoms with E-state index in [1.807, 2.05) is 43.3 Å². The van der Waals surface area contributed by atoms with Crippen molar-refractivity contribution in [2.45, 2.75) is 32.4 Å². The first-order valence-electron chi connectivity index (χ1n) is 10.5. The Labute approximate surface area is 177 Å². The van der Waals surface area contributed by atoms with Crippen molar-refractivity contribution in [3.63, 3.8) is 0 Å². The number of rotatable bonds is 5. The van der Waals surface area contributed by atoms with Gasteiger partial charge in [0.25, 0.3) is 0 Å². The molecule has 3 fully saturated rings. The number of hydrogen-bond donors (Lipinski definition) is 0. The predicted molar refractivity (Wildman–Crippen MR) is 115 cm³/mol. The number of hydrogen-bond acceptors (Lipinski definition) is 5. The molecule has 158 valence electrons. The Morgan fingerprint density at radius 3 is 2.37 bits per heavy atom. The highest BCUT2D eigenvalue weighted by Gasteiger charge is 2.37. The number of fused-ring (bicyclic) bond motifs is 3. The van der Waals surface area contributed by atoms with Gasteiger partial charge in [0.15, 0.2) is 0 Å². The van der Waals surface area contributed by atoms with E-state index in [-0.39, 0.29) is 18.2 Å². The maximum atomic E-state index is 13.3. The van der Waals surface area contributed by atoms with Crippen molar-refractivity contribution in [3.8, 4) is 0 Å². The number of para-hydroxylation sites is 1. The minimum atomic E-state index is -0.376. The summed E-state index contributed by atoms with van der Waals surface area (Å²) in [5.74, 6) is 0.0797. The summed E-state index contributed by atoms with van der Waals surface area (Å²) in [6, 6.07) is 14.9. The van der Waals surface area contributed by atoms with E-state index in [4.69, 9.17) is 9.47 Å². The van der Waals surface area contributed by atoms with Crippen molar-refractivity contribution < 1.29 is 19.1 Å². The zero-order valence-electron chi connectivity index (χ0n) is 17.5. The van der Waals surface area contributed by atoms with E-state index in [0.29, 0.717) is 18.0 Å². The van der Waals surface area contributed by atoms with Gasteiger partial charge in [0.05, 0.1) is 24.9 Å². The molecule has 3 aliphatic heterocycles. The van der Waals surface area contributed by atoms with E-state index >= 15 is 0 Å². The second-order valence-corrected chi connectivity index (χ2v) is 8.12. The summed E-state index contributed by atoms with van der Waals surface area (Å²) in [6.45, 7) is 5.39. The molecule has 30 heavy (non-hydrogen) atoms. The quantitative estimate of drug-likeness (QED) is 0.700. The van der Waals surface area contributed by atoms with Crippen molar-refractivity contribution in [2.75, 3.05) is 31.6 Å². The molecule has 0 aliphatic carbocycles. The van der Waals surface area contributed by atoms with Crippen LogP contribution in [0.3, 0.4) is 0 Å². The Balaban J connectivity index is 1.54. The number of carbonyl (C=O) groups is 2. The van der Waals surface area contributed by atoms with Gasteiger partial charge in [-0.1, -0.05) is 30.3 Å². The SMILES string of the molecule is COC(=O)c1ccc(CN(C(=O)O[C@H]2CN3CCC2CC3)c2ccccc2C)cc1. The van der Waals surface area contributed by atoms with Gasteiger partial charge in [-0.25, -0.2) is 9.59 Å². The summed E-state index contributed by atoms with van der Waals surface area (Å²) in [4.78, 5) is 29.0. The van der Waals surface area contributed by atoms with Crippen LogP contribution in [0.25, 0.3) is 0 Å². The summed E-state index contributed by atoms with van der Waals surface area (Å²) in [5, 5.41) is 0. The molecule has 6 heteroatoms. The van der Waals surface area contributed by atoms with Crippen LogP contribution >= 0.6 is 0 Å². The number of nitrogens with zero attached hydrogens (tertiary/aromatic N) is 2. The lowest BCUT2D eigenvalue weighted by Crippen LogP contribution is -2.53. The molecule has 3 heterocycles. The molecule has 2 bridgehead atoms. The Morgan fingerprint density at radius 2 is 1.77 bits per heavy atom. The number of benzene rings is 2. The fourth-order valence-corrected chi connectivity index (χ4v) is 4.40. The van der Waals surface area contributed by atoms with Crippen LogP contribution < -0.4 is 4.90 Å². The monoisotopic (exact) mass is 408 g/mol. The summed E-state index contributed by atoms with van der Waals surface area (Å²) >= 11 is 0. The molecule has 0 unspecified atom stereocenters. The molecule has 0 spiro atoms. The van der Waals surface area contributed by atoms with Crippen molar-refractivity contribution in [1.82, 2.24) is 4.90 Å². The second-order valence-electron chi connectivity index (χ2n) is 8.12. The van der Waals surface area contributed by atoms with Crippen LogP contribution in [0.15, 0.2) is 48.5 Å². The lowest BCUT2D eigenvalue weighted by atomic mass is 9.86. The van der Waals surface area contributed by atoms with E-state index in [0.717, 1.165) is 49.3 Å². The van der Waals surface area contributed by atoms with E-state index in [1.165, 1.54) is 7.11 Å². The van der Waals surface area contributed by atoms with Crippen LogP contribution in [0.4, 0.5) is 10.5 Å². The summed E-state index contributed by atoms with van der Waals surface area (Å²) in [6.07, 6.45) is 1.82. The maximum Gasteiger partial charge on any atom is 0.414 e. The van der Waals surface area contributed by atoms with E-state index in [1.54, 1.807) is 17.0 Å². The molecule has 0 aromatic heterocycles. The molecule has 2 aromatic carbocycles. The minimum Gasteiger partial charge on any atom is -0.465 e. The van der Waals surface area contributed by atoms with Gasteiger partial charge in [-0.15, -0.1) is 0 Å². The first kappa shape index (κ1) is 20.4. The Bertz CT molecular complexity index is 904. The number of amides is 1. The fraction of sp³-hybridized carbons (Fsp3) is 0.417. The van der Waals surface area contributed by atoms with Gasteiger partial charge in [0, 0.05) is 6.54 Å². The average molecular weight is 408 g/mol. The van der Waals surface area contributed by atoms with Gasteiger partial charge in [0.1, 0.15) is 6.10 Å². The molecule has 3 aliphatic rings. The van der Waals surface area contributed by atoms with Gasteiger partial charge >= 0.3 is 12.1 Å². The molecule has 1 atom stereocenters. The van der Waals surface area contributed by atoms with Crippen LogP contribution in [0, 0.1) is 12.8 Å². The number of piperidine rings is 3. The van der Waals surface area contributed by atoms with Gasteiger partial charge in [-0.05, 0) is 68.1 Å². The first-order chi connectivity index (χ1) is 14.5. The van der Waals surface area contributed by atoms with Gasteiger partial charge < -0.3 is 9.47 Å². The lowest BCUT2D eigenvalue weighted by Gasteiger charge is -2.44. The number of carbonyl (C=O) groups excluding carboxylic acids is 2. The highest BCUT2D eigenvalue weighted by molar-refractivity contribution is 5.90. The van der Waals surface area contributed by atoms with Gasteiger partial charge in [-0.2, -0.15) is 0 Å². The third-order valence-corrected chi connectivity index (χ3v) is 6.19. The molecule has 0 saturated carbocycles. The van der Waals surface area contributed by atoms with E-state index < -0.39 is 0 Å². The molecule has 0 N–H and O–H groups in total. The van der Waals surface area contributed by atoms with E-state index in [9.17, 15) is 9.59 Å². The predicted octanol–water partition coefficient (Wildman–Crippen LogP) is 4.02. The Kier molecular flexibility index (Phi) is 6.04. The number of methoxy groups -OCH3 is 1. The number of ether oxygens (including phenoxy) is 2. The van der Waals surface area contributed by atoms with Gasteiger partial charge in [-0.3, -0.25) is 9.80 Å². The van der Waals surface area contributed by atoms with Crippen LogP contribution in [-0.4, -0.2) is 49.8 Å². The molecule has 2 aromatic rings. The fourth-order valence-electron chi connectivity index (χ4n) is 4.40. The highest BCUT2D eigenvalue weighted by Crippen LogP contribution is 2.31. The topological polar surface area (TPSA) is 59.1 Å². The summed E-state index contributed by atoms with van der Waals surface area (Å²) < 4.78 is 10.8. The molecule has 1 amide bonds. The summed E-state index contributed by atoms with van der Waals surface area (Å²) in [5.41, 5.74) is 3.24. The molecular formula is C24H28N2O4. The van der Waals surface area contributed by atoms with E-state index in [2.05, 4.69) is 4.90 Å². The van der Waals surface area contributed by atoms with Crippen LogP contribution in [0.5, 0.6) is 0 Å². The second kappa shape index (κ2) is 8.88. The zero-order valence-corrected chi connectivity index (χ0v) is 17.5. The lowest BCUT2D eigenvalue weighted by molar-refractivity contribution is -0.0311. The third-order valence-electron chi connectivity index (χ3n) is 6.19. The number of esters is 1. The van der Waals surface area contributed by atoms with Crippen LogP contribution in [-0.2, 0) is 16.0 Å². The normalized spacial score (nSPS) is 22.4. The largest absolute Gasteiger partial charge is 0.465 e. The molecule has 3 saturated heterocycles. The standard InChI is InChI=1S/C24H28N2O4/c1-17-5-3-4-6-21(17)26(15-18-7-9-20(10-8-18)23(27)29-2)24(28)30-22-16-25-13-11-19(22)12-14-25/h3-10,19,22H,11-16H2,1-2H3/t22-/m0/s1. The van der Waals surface area contributed by atoms with Crippen molar-refractivity contribution >= 4 is 17.7 Å². The molecule has 6 nitrogen and oxygen atoms in total. The molecular weight excluding hydrogens is 380 g/mol. The Hall–Kier alpha value is -2.86. The van der Waals surface area contributed by atoms with Crippen molar-refractivity contribution in [3.05, 3.63) is 65.2 Å². The third kappa shape index (κ3) is 4.33. The van der Waals surface area contributed by atoms with Crippen LogP contribution in [0.2, 0.25) is 0 Å².